The van der Waals surface area contributed by atoms with Gasteiger partial charge in [0.25, 0.3) is 0 Å². The van der Waals surface area contributed by atoms with Gasteiger partial charge in [-0.3, -0.25) is 0 Å². The number of hydrogen-bond donors (Lipinski definition) is 1. The second kappa shape index (κ2) is 5.31. The largest absolute Gasteiger partial charge is 0.337 e. The highest BCUT2D eigenvalue weighted by Gasteiger charge is 2.06. The molecule has 20 heavy (non-hydrogen) atoms. The molecule has 0 atom stereocenters. The average Bonchev–Trinajstić information content (AvgIpc) is 2.89. The van der Waals surface area contributed by atoms with Crippen molar-refractivity contribution in [3.05, 3.63) is 53.0 Å². The third kappa shape index (κ3) is 2.49. The normalized spacial score (nSPS) is 10.4. The molecule has 5 nitrogen and oxygen atoms in total. The van der Waals surface area contributed by atoms with E-state index in [0.29, 0.717) is 12.2 Å². The molecule has 0 spiro atoms. The number of aromatic nitrogens is 3. The summed E-state index contributed by atoms with van der Waals surface area (Å²) in [6.07, 6.45) is 5.86. The lowest BCUT2D eigenvalue weighted by Gasteiger charge is -2.08. The van der Waals surface area contributed by atoms with E-state index in [2.05, 4.69) is 37.3 Å². The Kier molecular flexibility index (Phi) is 3.35. The van der Waals surface area contributed by atoms with Crippen LogP contribution in [0.25, 0.3) is 5.65 Å². The fourth-order valence-corrected chi connectivity index (χ4v) is 2.32. The van der Waals surface area contributed by atoms with Crippen LogP contribution in [-0.4, -0.2) is 14.4 Å². The number of halogens is 1. The van der Waals surface area contributed by atoms with Gasteiger partial charge < -0.3 is 9.72 Å². The van der Waals surface area contributed by atoms with Crippen molar-refractivity contribution in [2.45, 2.75) is 6.42 Å². The summed E-state index contributed by atoms with van der Waals surface area (Å²) in [6.45, 7) is 0. The first-order chi connectivity index (χ1) is 9.76. The zero-order chi connectivity index (χ0) is 13.9. The maximum atomic E-state index is 8.66. The summed E-state index contributed by atoms with van der Waals surface area (Å²) in [5.41, 5.74) is 2.66. The highest BCUT2D eigenvalue weighted by atomic mass is 79.9. The maximum absolute atomic E-state index is 8.66. The summed E-state index contributed by atoms with van der Waals surface area (Å²) >= 11 is 3.38. The number of nitrogens with one attached hydrogen (secondary N) is 1. The summed E-state index contributed by atoms with van der Waals surface area (Å²) in [5.74, 6) is 0.678. The second-order valence-electron chi connectivity index (χ2n) is 4.23. The van der Waals surface area contributed by atoms with E-state index in [1.54, 1.807) is 6.20 Å². The number of imidazole rings is 1. The molecule has 0 unspecified atom stereocenters. The van der Waals surface area contributed by atoms with Gasteiger partial charge in [0.15, 0.2) is 11.5 Å². The quantitative estimate of drug-likeness (QED) is 0.801. The minimum atomic E-state index is 0.417. The molecule has 1 aromatic carbocycles. The zero-order valence-electron chi connectivity index (χ0n) is 10.4. The maximum Gasteiger partial charge on any atom is 0.180 e. The summed E-state index contributed by atoms with van der Waals surface area (Å²) in [6, 6.07) is 9.83. The third-order valence-electron chi connectivity index (χ3n) is 2.84. The number of rotatable bonds is 3. The van der Waals surface area contributed by atoms with Gasteiger partial charge in [0.1, 0.15) is 4.60 Å². The number of anilines is 2. The predicted molar refractivity (Wildman–Crippen MR) is 79.7 cm³/mol. The summed E-state index contributed by atoms with van der Waals surface area (Å²) in [7, 11) is 0. The van der Waals surface area contributed by atoms with E-state index >= 15 is 0 Å². The molecule has 98 valence electrons. The van der Waals surface area contributed by atoms with E-state index in [4.69, 9.17) is 5.26 Å². The van der Waals surface area contributed by atoms with E-state index in [1.165, 1.54) is 0 Å². The van der Waals surface area contributed by atoms with Crippen LogP contribution in [0.1, 0.15) is 5.56 Å². The van der Waals surface area contributed by atoms with Crippen molar-refractivity contribution in [1.29, 1.82) is 5.26 Å². The van der Waals surface area contributed by atoms with E-state index in [0.717, 1.165) is 21.5 Å². The summed E-state index contributed by atoms with van der Waals surface area (Å²) in [4.78, 5) is 8.67. The number of hydrogen-bond acceptors (Lipinski definition) is 4. The first-order valence-electron chi connectivity index (χ1n) is 5.98. The van der Waals surface area contributed by atoms with E-state index in [1.807, 2.05) is 41.1 Å². The van der Waals surface area contributed by atoms with Crippen molar-refractivity contribution >= 4 is 33.1 Å². The van der Waals surface area contributed by atoms with Crippen molar-refractivity contribution in [3.63, 3.8) is 0 Å². The van der Waals surface area contributed by atoms with E-state index in [-0.39, 0.29) is 0 Å². The Hall–Kier alpha value is -2.39. The van der Waals surface area contributed by atoms with Crippen LogP contribution in [0.4, 0.5) is 11.5 Å². The van der Waals surface area contributed by atoms with Gasteiger partial charge in [-0.25, -0.2) is 9.97 Å². The molecule has 3 rings (SSSR count). The lowest BCUT2D eigenvalue weighted by molar-refractivity contribution is 1.10. The van der Waals surface area contributed by atoms with Crippen molar-refractivity contribution < 1.29 is 0 Å². The second-order valence-corrected chi connectivity index (χ2v) is 5.04. The molecule has 2 heterocycles. The smallest absolute Gasteiger partial charge is 0.180 e. The number of nitriles is 1. The first-order valence-corrected chi connectivity index (χ1v) is 6.78. The van der Waals surface area contributed by atoms with Crippen LogP contribution in [-0.2, 0) is 6.42 Å². The SMILES string of the molecule is N#CCc1ccc(Nc2nc(Br)cn3ccnc23)cc1. The van der Waals surface area contributed by atoms with Gasteiger partial charge in [0, 0.05) is 24.3 Å². The van der Waals surface area contributed by atoms with Crippen molar-refractivity contribution in [2.75, 3.05) is 5.32 Å². The lowest BCUT2D eigenvalue weighted by Crippen LogP contribution is -1.98. The zero-order valence-corrected chi connectivity index (χ0v) is 12.0. The number of benzene rings is 1. The number of nitrogens with zero attached hydrogens (tertiary/aromatic N) is 4. The topological polar surface area (TPSA) is 66.0 Å². The Bertz CT molecular complexity index is 785. The van der Waals surface area contributed by atoms with Gasteiger partial charge in [0.05, 0.1) is 12.5 Å². The highest BCUT2D eigenvalue weighted by Crippen LogP contribution is 2.21. The molecule has 2 aromatic heterocycles. The van der Waals surface area contributed by atoms with Gasteiger partial charge in [-0.1, -0.05) is 12.1 Å². The fourth-order valence-electron chi connectivity index (χ4n) is 1.92. The summed E-state index contributed by atoms with van der Waals surface area (Å²) in [5, 5.41) is 11.9. The Morgan fingerprint density at radius 3 is 2.85 bits per heavy atom. The van der Waals surface area contributed by atoms with E-state index in [9.17, 15) is 0 Å². The predicted octanol–water partition coefficient (Wildman–Crippen LogP) is 3.30. The molecule has 0 bridgehead atoms. The molecule has 0 aliphatic heterocycles. The van der Waals surface area contributed by atoms with Crippen LogP contribution in [0.2, 0.25) is 0 Å². The molecule has 0 fully saturated rings. The molecule has 0 saturated carbocycles. The average molecular weight is 328 g/mol. The van der Waals surface area contributed by atoms with Crippen LogP contribution in [0.5, 0.6) is 0 Å². The van der Waals surface area contributed by atoms with Gasteiger partial charge in [0.2, 0.25) is 0 Å². The van der Waals surface area contributed by atoms with Gasteiger partial charge >= 0.3 is 0 Å². The molecule has 6 heteroatoms. The first kappa shape index (κ1) is 12.6. The minimum Gasteiger partial charge on any atom is -0.337 e. The molecule has 0 radical (unpaired) electrons. The van der Waals surface area contributed by atoms with Crippen LogP contribution < -0.4 is 5.32 Å². The van der Waals surface area contributed by atoms with E-state index < -0.39 is 0 Å². The fraction of sp³-hybridized carbons (Fsp3) is 0.0714. The molecule has 0 amide bonds. The van der Waals surface area contributed by atoms with Crippen molar-refractivity contribution in [3.8, 4) is 6.07 Å². The van der Waals surface area contributed by atoms with Crippen LogP contribution in [0.15, 0.2) is 47.5 Å². The molecule has 1 N–H and O–H groups in total. The highest BCUT2D eigenvalue weighted by molar-refractivity contribution is 9.10. The Morgan fingerprint density at radius 1 is 1.30 bits per heavy atom. The monoisotopic (exact) mass is 327 g/mol. The molecular weight excluding hydrogens is 318 g/mol. The Labute approximate surface area is 124 Å². The molecular formula is C14H10BrN5. The lowest BCUT2D eigenvalue weighted by atomic mass is 10.1. The molecule has 0 aliphatic carbocycles. The van der Waals surface area contributed by atoms with Gasteiger partial charge in [-0.2, -0.15) is 5.26 Å². The molecule has 3 aromatic rings. The number of fused-ring (bicyclic) bond motifs is 1. The Morgan fingerprint density at radius 2 is 2.10 bits per heavy atom. The van der Waals surface area contributed by atoms with Gasteiger partial charge in [-0.15, -0.1) is 0 Å². The van der Waals surface area contributed by atoms with Gasteiger partial charge in [-0.05, 0) is 33.6 Å². The minimum absolute atomic E-state index is 0.417. The molecule has 0 aliphatic rings. The standard InChI is InChI=1S/C14H10BrN5/c15-12-9-20-8-7-17-14(20)13(19-12)18-11-3-1-10(2-4-11)5-6-16/h1-4,7-9H,5H2,(H,18,19). The summed E-state index contributed by atoms with van der Waals surface area (Å²) < 4.78 is 2.62. The van der Waals surface area contributed by atoms with Crippen LogP contribution in [0, 0.1) is 11.3 Å². The van der Waals surface area contributed by atoms with Crippen LogP contribution >= 0.6 is 15.9 Å². The Balaban J connectivity index is 1.93. The molecule has 0 saturated heterocycles. The third-order valence-corrected chi connectivity index (χ3v) is 3.23. The van der Waals surface area contributed by atoms with Crippen molar-refractivity contribution in [2.24, 2.45) is 0 Å². The van der Waals surface area contributed by atoms with Crippen LogP contribution in [0.3, 0.4) is 0 Å². The van der Waals surface area contributed by atoms with Crippen molar-refractivity contribution in [1.82, 2.24) is 14.4 Å².